The maximum Gasteiger partial charge on any atom is 0.255 e. The standard InChI is InChI=1S/C10H14ClN3O/c1-6(2)14(3)10(15)7-4-9(12)13-5-8(7)11/h4-6H,1-3H3,(H2,12,13). The predicted molar refractivity (Wildman–Crippen MR) is 60.9 cm³/mol. The second-order valence-electron chi connectivity index (χ2n) is 3.60. The highest BCUT2D eigenvalue weighted by molar-refractivity contribution is 6.33. The van der Waals surface area contributed by atoms with Crippen molar-refractivity contribution in [2.45, 2.75) is 19.9 Å². The minimum absolute atomic E-state index is 0.114. The highest BCUT2D eigenvalue weighted by Crippen LogP contribution is 2.18. The number of nitrogens with zero attached hydrogens (tertiary/aromatic N) is 2. The third-order valence-corrected chi connectivity index (χ3v) is 2.50. The van der Waals surface area contributed by atoms with Gasteiger partial charge in [-0.1, -0.05) is 11.6 Å². The molecule has 4 nitrogen and oxygen atoms in total. The van der Waals surface area contributed by atoms with Gasteiger partial charge < -0.3 is 10.6 Å². The van der Waals surface area contributed by atoms with Crippen molar-refractivity contribution in [1.82, 2.24) is 9.88 Å². The first-order valence-corrected chi connectivity index (χ1v) is 4.99. The minimum Gasteiger partial charge on any atom is -0.384 e. The van der Waals surface area contributed by atoms with Gasteiger partial charge in [-0.2, -0.15) is 0 Å². The molecule has 0 unspecified atom stereocenters. The van der Waals surface area contributed by atoms with E-state index in [1.54, 1.807) is 11.9 Å². The van der Waals surface area contributed by atoms with Crippen molar-refractivity contribution in [3.8, 4) is 0 Å². The number of carbonyl (C=O) groups excluding carboxylic acids is 1. The maximum atomic E-state index is 11.9. The van der Waals surface area contributed by atoms with Crippen molar-refractivity contribution < 1.29 is 4.79 Å². The van der Waals surface area contributed by atoms with Crippen LogP contribution in [0, 0.1) is 0 Å². The Balaban J connectivity index is 3.05. The first-order chi connectivity index (χ1) is 6.93. The smallest absolute Gasteiger partial charge is 0.255 e. The monoisotopic (exact) mass is 227 g/mol. The van der Waals surface area contributed by atoms with Gasteiger partial charge in [-0.05, 0) is 19.9 Å². The molecule has 0 atom stereocenters. The molecule has 82 valence electrons. The lowest BCUT2D eigenvalue weighted by atomic mass is 10.2. The van der Waals surface area contributed by atoms with Crippen LogP contribution < -0.4 is 5.73 Å². The molecule has 0 aromatic carbocycles. The van der Waals surface area contributed by atoms with Crippen LogP contribution in [0.2, 0.25) is 5.02 Å². The summed E-state index contributed by atoms with van der Waals surface area (Å²) in [6.45, 7) is 3.85. The van der Waals surface area contributed by atoms with Gasteiger partial charge in [0.2, 0.25) is 0 Å². The maximum absolute atomic E-state index is 11.9. The third kappa shape index (κ3) is 2.59. The molecule has 1 amide bonds. The van der Waals surface area contributed by atoms with Crippen LogP contribution in [0.15, 0.2) is 12.3 Å². The number of nitrogen functional groups attached to an aromatic ring is 1. The Morgan fingerprint density at radius 3 is 2.73 bits per heavy atom. The van der Waals surface area contributed by atoms with E-state index in [0.717, 1.165) is 0 Å². The van der Waals surface area contributed by atoms with Crippen LogP contribution in [-0.2, 0) is 0 Å². The fourth-order valence-electron chi connectivity index (χ4n) is 1.04. The van der Waals surface area contributed by atoms with Gasteiger partial charge in [-0.3, -0.25) is 4.79 Å². The van der Waals surface area contributed by atoms with E-state index >= 15 is 0 Å². The summed E-state index contributed by atoms with van der Waals surface area (Å²) < 4.78 is 0. The van der Waals surface area contributed by atoms with Crippen LogP contribution in [0.5, 0.6) is 0 Å². The summed E-state index contributed by atoms with van der Waals surface area (Å²) in [5, 5.41) is 0.321. The van der Waals surface area contributed by atoms with Crippen molar-refractivity contribution in [1.29, 1.82) is 0 Å². The fourth-order valence-corrected chi connectivity index (χ4v) is 1.23. The highest BCUT2D eigenvalue weighted by Gasteiger charge is 2.17. The van der Waals surface area contributed by atoms with E-state index in [0.29, 0.717) is 16.4 Å². The van der Waals surface area contributed by atoms with E-state index in [1.165, 1.54) is 12.3 Å². The summed E-state index contributed by atoms with van der Waals surface area (Å²) in [6.07, 6.45) is 1.39. The molecule has 1 aromatic heterocycles. The lowest BCUT2D eigenvalue weighted by Gasteiger charge is -2.21. The van der Waals surface area contributed by atoms with Crippen molar-refractivity contribution in [2.24, 2.45) is 0 Å². The molecule has 0 aliphatic carbocycles. The molecular weight excluding hydrogens is 214 g/mol. The van der Waals surface area contributed by atoms with Crippen LogP contribution in [0.1, 0.15) is 24.2 Å². The molecule has 0 radical (unpaired) electrons. The Bertz CT molecular complexity index is 379. The van der Waals surface area contributed by atoms with E-state index in [9.17, 15) is 4.79 Å². The van der Waals surface area contributed by atoms with Crippen LogP contribution >= 0.6 is 11.6 Å². The molecule has 0 saturated carbocycles. The number of aromatic nitrogens is 1. The summed E-state index contributed by atoms with van der Waals surface area (Å²) in [4.78, 5) is 17.3. The zero-order chi connectivity index (χ0) is 11.6. The molecule has 0 bridgehead atoms. The van der Waals surface area contributed by atoms with Gasteiger partial charge in [0, 0.05) is 19.3 Å². The number of hydrogen-bond acceptors (Lipinski definition) is 3. The quantitative estimate of drug-likeness (QED) is 0.838. The molecule has 1 rings (SSSR count). The largest absolute Gasteiger partial charge is 0.384 e. The summed E-state index contributed by atoms with van der Waals surface area (Å²) in [5.41, 5.74) is 5.89. The molecule has 1 aromatic rings. The van der Waals surface area contributed by atoms with Gasteiger partial charge in [0.25, 0.3) is 5.91 Å². The first-order valence-electron chi connectivity index (χ1n) is 4.61. The molecule has 5 heteroatoms. The van der Waals surface area contributed by atoms with E-state index < -0.39 is 0 Å². The Morgan fingerprint density at radius 2 is 2.20 bits per heavy atom. The molecule has 0 saturated heterocycles. The number of halogens is 1. The Kier molecular flexibility index (Phi) is 3.52. The van der Waals surface area contributed by atoms with Crippen LogP contribution in [0.25, 0.3) is 0 Å². The lowest BCUT2D eigenvalue weighted by Crippen LogP contribution is -2.33. The van der Waals surface area contributed by atoms with E-state index in [4.69, 9.17) is 17.3 Å². The minimum atomic E-state index is -0.149. The summed E-state index contributed by atoms with van der Waals surface area (Å²) in [6, 6.07) is 1.60. The zero-order valence-electron chi connectivity index (χ0n) is 8.99. The van der Waals surface area contributed by atoms with Gasteiger partial charge in [-0.25, -0.2) is 4.98 Å². The average molecular weight is 228 g/mol. The molecule has 0 fully saturated rings. The molecule has 0 aliphatic heterocycles. The van der Waals surface area contributed by atoms with Crippen LogP contribution in [0.3, 0.4) is 0 Å². The lowest BCUT2D eigenvalue weighted by molar-refractivity contribution is 0.0755. The summed E-state index contributed by atoms with van der Waals surface area (Å²) in [7, 11) is 1.72. The highest BCUT2D eigenvalue weighted by atomic mass is 35.5. The number of rotatable bonds is 2. The van der Waals surface area contributed by atoms with Crippen LogP contribution in [-0.4, -0.2) is 28.9 Å². The normalized spacial score (nSPS) is 10.5. The van der Waals surface area contributed by atoms with Crippen molar-refractivity contribution >= 4 is 23.3 Å². The van der Waals surface area contributed by atoms with Gasteiger partial charge in [-0.15, -0.1) is 0 Å². The topological polar surface area (TPSA) is 59.2 Å². The molecule has 2 N–H and O–H groups in total. The van der Waals surface area contributed by atoms with E-state index in [-0.39, 0.29) is 11.9 Å². The van der Waals surface area contributed by atoms with Gasteiger partial charge in [0.15, 0.2) is 0 Å². The molecular formula is C10H14ClN3O. The number of hydrogen-bond donors (Lipinski definition) is 1. The average Bonchev–Trinajstić information content (AvgIpc) is 2.19. The number of carbonyl (C=O) groups is 1. The van der Waals surface area contributed by atoms with Crippen LogP contribution in [0.4, 0.5) is 5.82 Å². The number of nitrogens with two attached hydrogens (primary N) is 1. The molecule has 15 heavy (non-hydrogen) atoms. The first kappa shape index (κ1) is 11.8. The van der Waals surface area contributed by atoms with Gasteiger partial charge in [0.05, 0.1) is 10.6 Å². The summed E-state index contributed by atoms with van der Waals surface area (Å²) >= 11 is 5.87. The van der Waals surface area contributed by atoms with E-state index in [1.807, 2.05) is 13.8 Å². The second kappa shape index (κ2) is 4.49. The Labute approximate surface area is 94.0 Å². The van der Waals surface area contributed by atoms with Gasteiger partial charge >= 0.3 is 0 Å². The van der Waals surface area contributed by atoms with Crippen molar-refractivity contribution in [3.63, 3.8) is 0 Å². The van der Waals surface area contributed by atoms with Gasteiger partial charge in [0.1, 0.15) is 5.82 Å². The molecule has 0 spiro atoms. The molecule has 0 aliphatic rings. The number of pyridine rings is 1. The number of anilines is 1. The van der Waals surface area contributed by atoms with E-state index in [2.05, 4.69) is 4.98 Å². The SMILES string of the molecule is CC(C)N(C)C(=O)c1cc(N)ncc1Cl. The number of amides is 1. The zero-order valence-corrected chi connectivity index (χ0v) is 9.75. The van der Waals surface area contributed by atoms with Crippen molar-refractivity contribution in [3.05, 3.63) is 22.8 Å². The molecule has 1 heterocycles. The Hall–Kier alpha value is -1.29. The second-order valence-corrected chi connectivity index (χ2v) is 4.01. The third-order valence-electron chi connectivity index (χ3n) is 2.20. The fraction of sp³-hybridized carbons (Fsp3) is 0.400. The predicted octanol–water partition coefficient (Wildman–Crippen LogP) is 1.80. The van der Waals surface area contributed by atoms with Crippen molar-refractivity contribution in [2.75, 3.05) is 12.8 Å². The Morgan fingerprint density at radius 1 is 1.60 bits per heavy atom. The summed E-state index contributed by atoms with van der Waals surface area (Å²) in [5.74, 6) is 0.143.